The van der Waals surface area contributed by atoms with Gasteiger partial charge in [-0.1, -0.05) is 42.5 Å². The quantitative estimate of drug-likeness (QED) is 0.401. The van der Waals surface area contributed by atoms with Crippen LogP contribution >= 0.6 is 0 Å². The summed E-state index contributed by atoms with van der Waals surface area (Å²) in [5.41, 5.74) is 2.41. The number of ether oxygens (including phenoxy) is 3. The van der Waals surface area contributed by atoms with Crippen molar-refractivity contribution in [2.24, 2.45) is 5.92 Å². The Kier molecular flexibility index (Phi) is 11.0. The van der Waals surface area contributed by atoms with E-state index in [4.69, 9.17) is 9.47 Å². The molecule has 1 aliphatic heterocycles. The topological polar surface area (TPSA) is 97.9 Å². The molecule has 3 atom stereocenters. The molecule has 1 aliphatic rings. The lowest BCUT2D eigenvalue weighted by Crippen LogP contribution is -2.41. The van der Waals surface area contributed by atoms with Crippen molar-refractivity contribution in [1.82, 2.24) is 16.0 Å². The molecule has 1 saturated heterocycles. The fourth-order valence-electron chi connectivity index (χ4n) is 4.27. The van der Waals surface area contributed by atoms with E-state index in [0.717, 1.165) is 37.2 Å². The smallest absolute Gasteiger partial charge is 0.406 e. The van der Waals surface area contributed by atoms with Gasteiger partial charge in [-0.15, -0.1) is 0 Å². The molecule has 1 unspecified atom stereocenters. The predicted octanol–water partition coefficient (Wildman–Crippen LogP) is 3.28. The normalized spacial score (nSPS) is 17.3. The van der Waals surface area contributed by atoms with Crippen LogP contribution in [0.25, 0.3) is 0 Å². The van der Waals surface area contributed by atoms with Crippen molar-refractivity contribution in [3.05, 3.63) is 71.3 Å². The molecule has 0 saturated carbocycles. The molecule has 1 heterocycles. The lowest BCUT2D eigenvalue weighted by Gasteiger charge is -2.26. The van der Waals surface area contributed by atoms with Crippen molar-refractivity contribution in [2.45, 2.75) is 31.4 Å². The van der Waals surface area contributed by atoms with Crippen LogP contribution < -0.4 is 16.0 Å². The maximum atomic E-state index is 13.0. The minimum atomic E-state index is -0.501. The first-order valence-corrected chi connectivity index (χ1v) is 12.2. The maximum Gasteiger partial charge on any atom is 0.406 e. The van der Waals surface area contributed by atoms with Gasteiger partial charge in [-0.2, -0.15) is 0 Å². The summed E-state index contributed by atoms with van der Waals surface area (Å²) in [6, 6.07) is 17.5. The van der Waals surface area contributed by atoms with Gasteiger partial charge in [0.15, 0.2) is 0 Å². The van der Waals surface area contributed by atoms with E-state index in [2.05, 4.69) is 20.7 Å². The summed E-state index contributed by atoms with van der Waals surface area (Å²) in [5.74, 6) is 0.407. The number of amides is 2. The zero-order valence-electron chi connectivity index (χ0n) is 20.6. The van der Waals surface area contributed by atoms with Gasteiger partial charge < -0.3 is 30.2 Å². The zero-order valence-corrected chi connectivity index (χ0v) is 20.6. The minimum Gasteiger partial charge on any atom is -0.453 e. The molecule has 0 bridgehead atoms. The minimum absolute atomic E-state index is 0.119. The van der Waals surface area contributed by atoms with Gasteiger partial charge in [0.1, 0.15) is 6.10 Å². The Hall–Kier alpha value is -2.94. The third-order valence-electron chi connectivity index (χ3n) is 6.18. The summed E-state index contributed by atoms with van der Waals surface area (Å²) in [6.45, 7) is 2.80. The van der Waals surface area contributed by atoms with Crippen molar-refractivity contribution in [3.8, 4) is 0 Å². The van der Waals surface area contributed by atoms with E-state index in [9.17, 15) is 9.59 Å². The van der Waals surface area contributed by atoms with E-state index in [1.807, 2.05) is 61.6 Å². The second-order valence-electron chi connectivity index (χ2n) is 8.72. The van der Waals surface area contributed by atoms with Gasteiger partial charge in [0.05, 0.1) is 13.7 Å². The predicted molar refractivity (Wildman–Crippen MR) is 134 cm³/mol. The number of methoxy groups -OCH3 is 1. The highest BCUT2D eigenvalue weighted by molar-refractivity contribution is 5.94. The third-order valence-corrected chi connectivity index (χ3v) is 6.18. The van der Waals surface area contributed by atoms with Crippen LogP contribution in [0.15, 0.2) is 54.6 Å². The van der Waals surface area contributed by atoms with E-state index in [1.165, 1.54) is 13.5 Å². The molecule has 0 aliphatic carbocycles. The van der Waals surface area contributed by atoms with Crippen LogP contribution in [0.1, 0.15) is 46.9 Å². The molecule has 0 radical (unpaired) electrons. The molecule has 1 fully saturated rings. The number of hydrogen-bond donors (Lipinski definition) is 3. The highest BCUT2D eigenvalue weighted by atomic mass is 16.5. The number of likely N-dealkylation sites (N-methyl/N-ethyl adjacent to an activating group) is 1. The number of hydrogen-bond acceptors (Lipinski definition) is 6. The highest BCUT2D eigenvalue weighted by Crippen LogP contribution is 2.26. The van der Waals surface area contributed by atoms with Crippen LogP contribution in [0.4, 0.5) is 4.79 Å². The summed E-state index contributed by atoms with van der Waals surface area (Å²) < 4.78 is 16.3. The number of carbonyl (C=O) groups is 2. The fraction of sp³-hybridized carbons (Fsp3) is 0.481. The van der Waals surface area contributed by atoms with Gasteiger partial charge >= 0.3 is 6.09 Å². The van der Waals surface area contributed by atoms with E-state index in [-0.39, 0.29) is 18.1 Å². The molecule has 8 nitrogen and oxygen atoms in total. The van der Waals surface area contributed by atoms with Crippen LogP contribution in [0.5, 0.6) is 0 Å². The number of benzene rings is 2. The fourth-order valence-corrected chi connectivity index (χ4v) is 4.27. The lowest BCUT2D eigenvalue weighted by atomic mass is 9.94. The number of alkyl carbamates (subject to hydrolysis) is 1. The standard InChI is InChI=1S/C27H37N3O5/c1-28-24(16-20-8-7-14-34-19-20)18-30-26(31)23-12-6-11-22(17-23)25(21-9-4-3-5-10-21)35-15-13-29-27(32)33-2/h3-6,9-12,17,20,24-25,28H,7-8,13-16,18-19H2,1-2H3,(H,29,32)(H,30,31)/t20-,24+,25?/m1/s1. The Morgan fingerprint density at radius 2 is 1.89 bits per heavy atom. The Labute approximate surface area is 207 Å². The molecular formula is C27H37N3O5. The summed E-state index contributed by atoms with van der Waals surface area (Å²) in [4.78, 5) is 24.3. The van der Waals surface area contributed by atoms with Crippen molar-refractivity contribution in [3.63, 3.8) is 0 Å². The van der Waals surface area contributed by atoms with Gasteiger partial charge in [-0.05, 0) is 55.5 Å². The molecule has 0 aromatic heterocycles. The third kappa shape index (κ3) is 8.65. The van der Waals surface area contributed by atoms with E-state index >= 15 is 0 Å². The van der Waals surface area contributed by atoms with E-state index in [0.29, 0.717) is 31.2 Å². The summed E-state index contributed by atoms with van der Waals surface area (Å²) in [6.07, 6.45) is 2.37. The van der Waals surface area contributed by atoms with Crippen LogP contribution in [-0.4, -0.2) is 65.1 Å². The molecule has 190 valence electrons. The monoisotopic (exact) mass is 483 g/mol. The second kappa shape index (κ2) is 14.5. The van der Waals surface area contributed by atoms with Crippen LogP contribution in [0, 0.1) is 5.92 Å². The van der Waals surface area contributed by atoms with Crippen molar-refractivity contribution >= 4 is 12.0 Å². The van der Waals surface area contributed by atoms with E-state index < -0.39 is 6.09 Å². The SMILES string of the molecule is CN[C@H](CNC(=O)c1cccc(C(OCCNC(=O)OC)c2ccccc2)c1)C[C@H]1CCCOC1. The molecule has 2 amide bonds. The van der Waals surface area contributed by atoms with Gasteiger partial charge in [-0.25, -0.2) is 4.79 Å². The second-order valence-corrected chi connectivity index (χ2v) is 8.72. The summed E-state index contributed by atoms with van der Waals surface area (Å²) >= 11 is 0. The van der Waals surface area contributed by atoms with Crippen LogP contribution in [0.2, 0.25) is 0 Å². The van der Waals surface area contributed by atoms with Gasteiger partial charge in [0, 0.05) is 37.9 Å². The Morgan fingerprint density at radius 3 is 2.60 bits per heavy atom. The number of carbonyl (C=O) groups excluding carboxylic acids is 2. The molecular weight excluding hydrogens is 446 g/mol. The Morgan fingerprint density at radius 1 is 1.09 bits per heavy atom. The number of rotatable bonds is 12. The van der Waals surface area contributed by atoms with Gasteiger partial charge in [-0.3, -0.25) is 4.79 Å². The number of nitrogens with one attached hydrogen (secondary N) is 3. The average Bonchev–Trinajstić information content (AvgIpc) is 2.91. The summed E-state index contributed by atoms with van der Waals surface area (Å²) in [5, 5.41) is 9.01. The van der Waals surface area contributed by atoms with Crippen molar-refractivity contribution in [1.29, 1.82) is 0 Å². The molecule has 2 aromatic carbocycles. The Bertz CT molecular complexity index is 918. The first kappa shape index (κ1) is 26.7. The van der Waals surface area contributed by atoms with E-state index in [1.54, 1.807) is 0 Å². The average molecular weight is 484 g/mol. The molecule has 3 rings (SSSR count). The largest absolute Gasteiger partial charge is 0.453 e. The molecule has 2 aromatic rings. The summed E-state index contributed by atoms with van der Waals surface area (Å²) in [7, 11) is 3.25. The maximum absolute atomic E-state index is 13.0. The molecule has 8 heteroatoms. The molecule has 35 heavy (non-hydrogen) atoms. The first-order chi connectivity index (χ1) is 17.1. The first-order valence-electron chi connectivity index (χ1n) is 12.2. The highest BCUT2D eigenvalue weighted by Gasteiger charge is 2.20. The molecule has 3 N–H and O–H groups in total. The van der Waals surface area contributed by atoms with Crippen molar-refractivity contribution in [2.75, 3.05) is 47.1 Å². The zero-order chi connectivity index (χ0) is 24.9. The van der Waals surface area contributed by atoms with Crippen molar-refractivity contribution < 1.29 is 23.8 Å². The van der Waals surface area contributed by atoms with Gasteiger partial charge in [0.2, 0.25) is 0 Å². The van der Waals surface area contributed by atoms with Crippen LogP contribution in [-0.2, 0) is 14.2 Å². The van der Waals surface area contributed by atoms with Gasteiger partial charge in [0.25, 0.3) is 5.91 Å². The van der Waals surface area contributed by atoms with Crippen LogP contribution in [0.3, 0.4) is 0 Å². The lowest BCUT2D eigenvalue weighted by molar-refractivity contribution is 0.0478. The Balaban J connectivity index is 1.63. The molecule has 0 spiro atoms.